The zero-order valence-corrected chi connectivity index (χ0v) is 7.44. The minimum absolute atomic E-state index is 1.24. The highest BCUT2D eigenvalue weighted by Gasteiger charge is 1.98. The Hall–Kier alpha value is -0.975. The van der Waals surface area contributed by atoms with Crippen molar-refractivity contribution >= 4 is 19.4 Å². The lowest BCUT2D eigenvalue weighted by Crippen LogP contribution is -2.12. The lowest BCUT2D eigenvalue weighted by Gasteiger charge is -2.07. The van der Waals surface area contributed by atoms with Crippen LogP contribution in [0.4, 0.5) is 0 Å². The fourth-order valence-electron chi connectivity index (χ4n) is 1.20. The lowest BCUT2D eigenvalue weighted by molar-refractivity contribution is 1.41. The van der Waals surface area contributed by atoms with Gasteiger partial charge in [0.25, 0.3) is 0 Å². The summed E-state index contributed by atoms with van der Waals surface area (Å²) in [6, 6.07) is 4.25. The van der Waals surface area contributed by atoms with Gasteiger partial charge in [0.05, 0.1) is 0 Å². The topological polar surface area (TPSA) is 0 Å². The molecule has 0 heterocycles. The molecule has 0 aliphatic carbocycles. The van der Waals surface area contributed by atoms with Crippen LogP contribution in [0.2, 0.25) is 0 Å². The second kappa shape index (κ2) is 2.95. The molecule has 0 radical (unpaired) electrons. The highest BCUT2D eigenvalue weighted by Crippen LogP contribution is 2.07. The number of rotatable bonds is 1. The standard InChI is InChI=1S/C10H13B/c1-4-9-6-5-7(2)10(11)8(9)3/h4-6H,1,11H2,2-3H3. The molecule has 1 aromatic rings. The van der Waals surface area contributed by atoms with Gasteiger partial charge < -0.3 is 0 Å². The van der Waals surface area contributed by atoms with Crippen LogP contribution in [0.25, 0.3) is 6.08 Å². The third-order valence-corrected chi connectivity index (χ3v) is 2.32. The zero-order chi connectivity index (χ0) is 8.43. The molecule has 56 valence electrons. The fourth-order valence-corrected chi connectivity index (χ4v) is 1.20. The molecule has 0 spiro atoms. The van der Waals surface area contributed by atoms with Gasteiger partial charge in [-0.1, -0.05) is 35.8 Å². The average molecular weight is 144 g/mol. The Morgan fingerprint density at radius 3 is 2.55 bits per heavy atom. The second-order valence-corrected chi connectivity index (χ2v) is 2.93. The van der Waals surface area contributed by atoms with Crippen molar-refractivity contribution in [3.63, 3.8) is 0 Å². The van der Waals surface area contributed by atoms with Crippen molar-refractivity contribution in [1.29, 1.82) is 0 Å². The van der Waals surface area contributed by atoms with Crippen molar-refractivity contribution in [3.8, 4) is 0 Å². The minimum Gasteiger partial charge on any atom is -0.0985 e. The normalized spacial score (nSPS) is 9.64. The maximum atomic E-state index is 3.76. The van der Waals surface area contributed by atoms with E-state index in [0.29, 0.717) is 0 Å². The van der Waals surface area contributed by atoms with Gasteiger partial charge in [-0.3, -0.25) is 0 Å². The van der Waals surface area contributed by atoms with Gasteiger partial charge in [0.2, 0.25) is 0 Å². The van der Waals surface area contributed by atoms with Gasteiger partial charge in [0.15, 0.2) is 0 Å². The second-order valence-electron chi connectivity index (χ2n) is 2.93. The van der Waals surface area contributed by atoms with Crippen molar-refractivity contribution in [2.24, 2.45) is 0 Å². The summed E-state index contributed by atoms with van der Waals surface area (Å²) < 4.78 is 0. The van der Waals surface area contributed by atoms with Crippen LogP contribution in [0.5, 0.6) is 0 Å². The van der Waals surface area contributed by atoms with Crippen molar-refractivity contribution in [1.82, 2.24) is 0 Å². The maximum absolute atomic E-state index is 3.76. The molecule has 1 rings (SSSR count). The van der Waals surface area contributed by atoms with Gasteiger partial charge in [0, 0.05) is 0 Å². The molecule has 1 aromatic carbocycles. The van der Waals surface area contributed by atoms with Crippen LogP contribution in [0.3, 0.4) is 0 Å². The Bertz CT molecular complexity index is 287. The first-order chi connectivity index (χ1) is 5.16. The SMILES string of the molecule is Bc1c(C)ccc(C=C)c1C. The van der Waals surface area contributed by atoms with Crippen molar-refractivity contribution in [2.75, 3.05) is 0 Å². The number of aryl methyl sites for hydroxylation is 1. The molecule has 0 aliphatic heterocycles. The molecule has 0 saturated heterocycles. The highest BCUT2D eigenvalue weighted by atomic mass is 14.0. The first kappa shape index (κ1) is 8.12. The summed E-state index contributed by atoms with van der Waals surface area (Å²) in [5.74, 6) is 0. The Kier molecular flexibility index (Phi) is 2.18. The molecule has 11 heavy (non-hydrogen) atoms. The van der Waals surface area contributed by atoms with E-state index in [-0.39, 0.29) is 0 Å². The molecule has 0 amide bonds. The predicted octanol–water partition coefficient (Wildman–Crippen LogP) is 1.20. The molecule has 0 aliphatic rings. The fraction of sp³-hybridized carbons (Fsp3) is 0.200. The first-order valence-electron chi connectivity index (χ1n) is 3.86. The molecule has 0 N–H and O–H groups in total. The smallest absolute Gasteiger partial charge is 0.0985 e. The molecule has 0 atom stereocenters. The summed E-state index contributed by atoms with van der Waals surface area (Å²) in [6.07, 6.45) is 1.90. The third-order valence-electron chi connectivity index (χ3n) is 2.32. The lowest BCUT2D eigenvalue weighted by atomic mass is 9.84. The summed E-state index contributed by atoms with van der Waals surface area (Å²) in [5.41, 5.74) is 5.32. The Morgan fingerprint density at radius 2 is 2.00 bits per heavy atom. The van der Waals surface area contributed by atoms with E-state index in [0.717, 1.165) is 0 Å². The van der Waals surface area contributed by atoms with E-state index in [1.54, 1.807) is 0 Å². The van der Waals surface area contributed by atoms with Crippen LogP contribution >= 0.6 is 0 Å². The number of benzene rings is 1. The van der Waals surface area contributed by atoms with Crippen LogP contribution < -0.4 is 5.46 Å². The molecular weight excluding hydrogens is 131 g/mol. The van der Waals surface area contributed by atoms with Gasteiger partial charge >= 0.3 is 0 Å². The van der Waals surface area contributed by atoms with Gasteiger partial charge in [-0.15, -0.1) is 0 Å². The summed E-state index contributed by atoms with van der Waals surface area (Å²) in [4.78, 5) is 0. The molecular formula is C10H13B. The summed E-state index contributed by atoms with van der Waals surface area (Å²) in [5, 5.41) is 0. The molecule has 0 unspecified atom stereocenters. The Labute approximate surface area is 69.4 Å². The van der Waals surface area contributed by atoms with Crippen molar-refractivity contribution in [3.05, 3.63) is 35.4 Å². The van der Waals surface area contributed by atoms with Crippen LogP contribution in [0.1, 0.15) is 16.7 Å². The van der Waals surface area contributed by atoms with E-state index < -0.39 is 0 Å². The van der Waals surface area contributed by atoms with E-state index in [9.17, 15) is 0 Å². The largest absolute Gasteiger partial charge is 0.140 e. The Balaban J connectivity index is 3.36. The highest BCUT2D eigenvalue weighted by molar-refractivity contribution is 6.34. The van der Waals surface area contributed by atoms with Crippen LogP contribution in [-0.4, -0.2) is 7.85 Å². The average Bonchev–Trinajstić information content (AvgIpc) is 2.01. The minimum atomic E-state index is 1.24. The summed E-state index contributed by atoms with van der Waals surface area (Å²) in [7, 11) is 2.15. The number of hydrogen-bond acceptors (Lipinski definition) is 0. The van der Waals surface area contributed by atoms with E-state index >= 15 is 0 Å². The van der Waals surface area contributed by atoms with Crippen molar-refractivity contribution < 1.29 is 0 Å². The van der Waals surface area contributed by atoms with Crippen LogP contribution in [0, 0.1) is 13.8 Å². The van der Waals surface area contributed by atoms with E-state index in [1.807, 2.05) is 6.08 Å². The summed E-state index contributed by atoms with van der Waals surface area (Å²) >= 11 is 0. The third kappa shape index (κ3) is 1.37. The molecule has 0 fully saturated rings. The van der Waals surface area contributed by atoms with Gasteiger partial charge in [-0.25, -0.2) is 0 Å². The Morgan fingerprint density at radius 1 is 1.36 bits per heavy atom. The van der Waals surface area contributed by atoms with Gasteiger partial charge in [-0.05, 0) is 25.0 Å². The van der Waals surface area contributed by atoms with Crippen molar-refractivity contribution in [2.45, 2.75) is 13.8 Å². The maximum Gasteiger partial charge on any atom is 0.140 e. The monoisotopic (exact) mass is 144 g/mol. The van der Waals surface area contributed by atoms with E-state index in [4.69, 9.17) is 0 Å². The molecule has 0 aromatic heterocycles. The van der Waals surface area contributed by atoms with Crippen LogP contribution in [0.15, 0.2) is 18.7 Å². The molecule has 0 nitrogen and oxygen atoms in total. The van der Waals surface area contributed by atoms with Crippen LogP contribution in [-0.2, 0) is 0 Å². The molecule has 0 bridgehead atoms. The van der Waals surface area contributed by atoms with Gasteiger partial charge in [-0.2, -0.15) is 0 Å². The van der Waals surface area contributed by atoms with E-state index in [1.165, 1.54) is 22.2 Å². The summed E-state index contributed by atoms with van der Waals surface area (Å²) in [6.45, 7) is 8.03. The quantitative estimate of drug-likeness (QED) is 0.519. The first-order valence-corrected chi connectivity index (χ1v) is 3.86. The number of hydrogen-bond donors (Lipinski definition) is 0. The van der Waals surface area contributed by atoms with E-state index in [2.05, 4.69) is 40.4 Å². The zero-order valence-electron chi connectivity index (χ0n) is 7.44. The van der Waals surface area contributed by atoms with Gasteiger partial charge in [0.1, 0.15) is 7.85 Å². The molecule has 1 heteroatoms. The molecule has 0 saturated carbocycles. The predicted molar refractivity (Wildman–Crippen MR) is 54.2 cm³/mol.